The first kappa shape index (κ1) is 10.8. The number of benzene rings is 1. The lowest BCUT2D eigenvalue weighted by atomic mass is 9.95. The molecule has 0 aliphatic heterocycles. The normalized spacial score (nSPS) is 14.4. The molecule has 0 aliphatic rings. The van der Waals surface area contributed by atoms with Gasteiger partial charge in [-0.05, 0) is 12.5 Å². The van der Waals surface area contributed by atoms with Crippen molar-refractivity contribution in [3.05, 3.63) is 35.9 Å². The van der Waals surface area contributed by atoms with E-state index in [-0.39, 0.29) is 6.61 Å². The fraction of sp³-hybridized carbons (Fsp3) is 0.333. The van der Waals surface area contributed by atoms with Crippen LogP contribution in [-0.4, -0.2) is 18.3 Å². The number of aliphatic hydroxyl groups excluding tert-OH is 1. The zero-order valence-corrected chi connectivity index (χ0v) is 8.23. The van der Waals surface area contributed by atoms with Gasteiger partial charge in [-0.25, -0.2) is 0 Å². The van der Waals surface area contributed by atoms with Crippen LogP contribution < -0.4 is 0 Å². The van der Waals surface area contributed by atoms with Gasteiger partial charge >= 0.3 is 0 Å². The number of ether oxygens (including phenoxy) is 1. The van der Waals surface area contributed by atoms with Gasteiger partial charge in [0.25, 0.3) is 0 Å². The van der Waals surface area contributed by atoms with Gasteiger partial charge in [-0.1, -0.05) is 36.3 Å². The van der Waals surface area contributed by atoms with Crippen molar-refractivity contribution < 1.29 is 9.84 Å². The van der Waals surface area contributed by atoms with Crippen LogP contribution in [-0.2, 0) is 10.3 Å². The first-order valence-corrected chi connectivity index (χ1v) is 4.57. The Kier molecular flexibility index (Phi) is 3.70. The molecule has 0 fully saturated rings. The Balaban J connectivity index is 3.06. The van der Waals surface area contributed by atoms with Crippen molar-refractivity contribution >= 4 is 0 Å². The van der Waals surface area contributed by atoms with Gasteiger partial charge in [-0.15, -0.1) is 6.42 Å². The Hall–Kier alpha value is -1.30. The molecule has 0 aromatic heterocycles. The van der Waals surface area contributed by atoms with E-state index in [9.17, 15) is 5.11 Å². The lowest BCUT2D eigenvalue weighted by Gasteiger charge is -2.26. The topological polar surface area (TPSA) is 29.5 Å². The molecule has 14 heavy (non-hydrogen) atoms. The van der Waals surface area contributed by atoms with E-state index in [2.05, 4.69) is 5.92 Å². The molecule has 1 N–H and O–H groups in total. The molecule has 0 unspecified atom stereocenters. The Morgan fingerprint density at radius 3 is 2.50 bits per heavy atom. The molecule has 0 amide bonds. The van der Waals surface area contributed by atoms with Crippen LogP contribution in [0.4, 0.5) is 0 Å². The first-order valence-electron chi connectivity index (χ1n) is 4.57. The number of terminal acetylenes is 1. The summed E-state index contributed by atoms with van der Waals surface area (Å²) < 4.78 is 5.43. The maximum atomic E-state index is 9.29. The summed E-state index contributed by atoms with van der Waals surface area (Å²) >= 11 is 0. The highest BCUT2D eigenvalue weighted by atomic mass is 16.5. The zero-order chi connectivity index (χ0) is 10.4. The summed E-state index contributed by atoms with van der Waals surface area (Å²) in [5.41, 5.74) is -0.178. The molecule has 1 aromatic rings. The summed E-state index contributed by atoms with van der Waals surface area (Å²) in [5.74, 6) is 2.51. The monoisotopic (exact) mass is 190 g/mol. The molecule has 74 valence electrons. The van der Waals surface area contributed by atoms with Crippen molar-refractivity contribution in [3.8, 4) is 12.3 Å². The van der Waals surface area contributed by atoms with Crippen LogP contribution in [0.3, 0.4) is 0 Å². The van der Waals surface area contributed by atoms with Gasteiger partial charge in [0.05, 0.1) is 6.61 Å². The molecule has 2 heteroatoms. The van der Waals surface area contributed by atoms with Gasteiger partial charge in [0.2, 0.25) is 0 Å². The molecule has 2 nitrogen and oxygen atoms in total. The molecule has 0 bridgehead atoms. The third kappa shape index (κ3) is 1.95. The maximum Gasteiger partial charge on any atom is 0.176 e. The number of hydrogen-bond acceptors (Lipinski definition) is 2. The molecular formula is C12H14O2. The minimum atomic E-state index is -0.990. The largest absolute Gasteiger partial charge is 0.392 e. The Bertz CT molecular complexity index is 313. The molecular weight excluding hydrogens is 176 g/mol. The molecule has 1 rings (SSSR count). The van der Waals surface area contributed by atoms with Crippen LogP contribution in [0.1, 0.15) is 12.5 Å². The van der Waals surface area contributed by atoms with Crippen molar-refractivity contribution in [2.24, 2.45) is 0 Å². The molecule has 0 aliphatic carbocycles. The van der Waals surface area contributed by atoms with Crippen molar-refractivity contribution in [1.29, 1.82) is 0 Å². The van der Waals surface area contributed by atoms with Crippen molar-refractivity contribution in [2.75, 3.05) is 13.2 Å². The molecule has 0 saturated carbocycles. The molecule has 0 saturated heterocycles. The highest BCUT2D eigenvalue weighted by molar-refractivity contribution is 5.31. The standard InChI is InChI=1S/C12H14O2/c1-3-12(10-13,14-4-2)11-8-6-5-7-9-11/h1,5-9,13H,4,10H2,2H3/t12-/m0/s1. The molecule has 1 aromatic carbocycles. The van der Waals surface area contributed by atoms with Gasteiger partial charge in [0, 0.05) is 6.61 Å². The SMILES string of the molecule is C#C[C@@](CO)(OCC)c1ccccc1. The average Bonchev–Trinajstić information content (AvgIpc) is 2.27. The number of aliphatic hydroxyl groups is 1. The summed E-state index contributed by atoms with van der Waals surface area (Å²) in [4.78, 5) is 0. The van der Waals surface area contributed by atoms with Crippen LogP contribution >= 0.6 is 0 Å². The van der Waals surface area contributed by atoms with Gasteiger partial charge in [0.15, 0.2) is 5.60 Å². The van der Waals surface area contributed by atoms with Gasteiger partial charge < -0.3 is 9.84 Å². The van der Waals surface area contributed by atoms with Crippen LogP contribution in [0.5, 0.6) is 0 Å². The molecule has 0 radical (unpaired) electrons. The van der Waals surface area contributed by atoms with Gasteiger partial charge in [0.1, 0.15) is 0 Å². The predicted octanol–water partition coefficient (Wildman–Crippen LogP) is 1.54. The fourth-order valence-electron chi connectivity index (χ4n) is 1.34. The van der Waals surface area contributed by atoms with Crippen LogP contribution in [0, 0.1) is 12.3 Å². The molecule has 1 atom stereocenters. The third-order valence-electron chi connectivity index (χ3n) is 2.09. The molecule has 0 spiro atoms. The average molecular weight is 190 g/mol. The van der Waals surface area contributed by atoms with E-state index in [4.69, 9.17) is 11.2 Å². The van der Waals surface area contributed by atoms with Crippen LogP contribution in [0.25, 0.3) is 0 Å². The van der Waals surface area contributed by atoms with E-state index in [0.717, 1.165) is 5.56 Å². The Labute approximate surface area is 84.5 Å². The van der Waals surface area contributed by atoms with Crippen molar-refractivity contribution in [2.45, 2.75) is 12.5 Å². The van der Waals surface area contributed by atoms with Gasteiger partial charge in [-0.3, -0.25) is 0 Å². The quantitative estimate of drug-likeness (QED) is 0.730. The second kappa shape index (κ2) is 4.80. The summed E-state index contributed by atoms with van der Waals surface area (Å²) in [6.07, 6.45) is 5.40. The fourth-order valence-corrected chi connectivity index (χ4v) is 1.34. The number of hydrogen-bond donors (Lipinski definition) is 1. The van der Waals surface area contributed by atoms with Crippen LogP contribution in [0.2, 0.25) is 0 Å². The van der Waals surface area contributed by atoms with Crippen molar-refractivity contribution in [1.82, 2.24) is 0 Å². The van der Waals surface area contributed by atoms with Crippen LogP contribution in [0.15, 0.2) is 30.3 Å². The van der Waals surface area contributed by atoms with Gasteiger partial charge in [-0.2, -0.15) is 0 Å². The van der Waals surface area contributed by atoms with E-state index in [0.29, 0.717) is 6.61 Å². The summed E-state index contributed by atoms with van der Waals surface area (Å²) in [6, 6.07) is 9.35. The Morgan fingerprint density at radius 1 is 1.43 bits per heavy atom. The second-order valence-corrected chi connectivity index (χ2v) is 2.93. The lowest BCUT2D eigenvalue weighted by molar-refractivity contribution is -0.0363. The lowest BCUT2D eigenvalue weighted by Crippen LogP contribution is -2.32. The smallest absolute Gasteiger partial charge is 0.176 e. The van der Waals surface area contributed by atoms with E-state index < -0.39 is 5.60 Å². The Morgan fingerprint density at radius 2 is 2.07 bits per heavy atom. The highest BCUT2D eigenvalue weighted by Crippen LogP contribution is 2.24. The second-order valence-electron chi connectivity index (χ2n) is 2.93. The zero-order valence-electron chi connectivity index (χ0n) is 8.23. The van der Waals surface area contributed by atoms with E-state index in [1.807, 2.05) is 37.3 Å². The first-order chi connectivity index (χ1) is 6.79. The summed E-state index contributed by atoms with van der Waals surface area (Å²) in [7, 11) is 0. The highest BCUT2D eigenvalue weighted by Gasteiger charge is 2.29. The third-order valence-corrected chi connectivity index (χ3v) is 2.09. The molecule has 0 heterocycles. The minimum absolute atomic E-state index is 0.207. The van der Waals surface area contributed by atoms with E-state index >= 15 is 0 Å². The summed E-state index contributed by atoms with van der Waals surface area (Å²) in [6.45, 7) is 2.12. The maximum absolute atomic E-state index is 9.29. The van der Waals surface area contributed by atoms with E-state index in [1.54, 1.807) is 0 Å². The minimum Gasteiger partial charge on any atom is -0.392 e. The predicted molar refractivity (Wildman–Crippen MR) is 55.7 cm³/mol. The van der Waals surface area contributed by atoms with E-state index in [1.165, 1.54) is 0 Å². The van der Waals surface area contributed by atoms with Crippen molar-refractivity contribution in [3.63, 3.8) is 0 Å². The summed E-state index contributed by atoms with van der Waals surface area (Å²) in [5, 5.41) is 9.29. The number of rotatable bonds is 4.